The Balaban J connectivity index is 1.66. The monoisotopic (exact) mass is 434 g/mol. The van der Waals surface area contributed by atoms with Crippen LogP contribution in [-0.4, -0.2) is 51.4 Å². The van der Waals surface area contributed by atoms with Crippen molar-refractivity contribution in [3.05, 3.63) is 66.5 Å². The first-order chi connectivity index (χ1) is 15.3. The zero-order chi connectivity index (χ0) is 22.9. The van der Waals surface area contributed by atoms with Crippen molar-refractivity contribution in [2.45, 2.75) is 19.4 Å². The third-order valence-corrected chi connectivity index (χ3v) is 6.10. The topological polar surface area (TPSA) is 31.8 Å². The van der Waals surface area contributed by atoms with Crippen LogP contribution in [0.2, 0.25) is 0 Å². The summed E-state index contributed by atoms with van der Waals surface area (Å²) in [4.78, 5) is 11.6. The molecule has 2 aromatic carbocycles. The van der Waals surface area contributed by atoms with Crippen LogP contribution in [0.15, 0.2) is 60.7 Å². The Morgan fingerprint density at radius 1 is 0.938 bits per heavy atom. The molecule has 32 heavy (non-hydrogen) atoms. The molecule has 0 spiro atoms. The highest BCUT2D eigenvalue weighted by Gasteiger charge is 2.35. The largest absolute Gasteiger partial charge is 0.481 e. The van der Waals surface area contributed by atoms with E-state index in [4.69, 9.17) is 9.72 Å². The predicted molar refractivity (Wildman–Crippen MR) is 131 cm³/mol. The third kappa shape index (κ3) is 4.35. The van der Waals surface area contributed by atoms with E-state index in [0.29, 0.717) is 5.88 Å². The Kier molecular flexibility index (Phi) is 5.96. The fourth-order valence-electron chi connectivity index (χ4n) is 4.39. The number of methoxy groups -OCH3 is 1. The van der Waals surface area contributed by atoms with Crippen molar-refractivity contribution in [3.8, 4) is 17.1 Å². The minimum Gasteiger partial charge on any atom is -0.481 e. The lowest BCUT2D eigenvalue weighted by molar-refractivity contribution is 0.397. The molecular formula is C26H31FN4O. The molecule has 0 saturated carbocycles. The summed E-state index contributed by atoms with van der Waals surface area (Å²) in [6.07, 6.45) is 0. The Labute approximate surface area is 190 Å². The average Bonchev–Trinajstić information content (AvgIpc) is 2.79. The first-order valence-corrected chi connectivity index (χ1v) is 10.9. The number of benzene rings is 2. The molecule has 1 fully saturated rings. The lowest BCUT2D eigenvalue weighted by Gasteiger charge is -2.49. The van der Waals surface area contributed by atoms with Crippen LogP contribution in [0.4, 0.5) is 21.5 Å². The number of halogens is 1. The molecular weight excluding hydrogens is 403 g/mol. The number of hydrogen-bond acceptors (Lipinski definition) is 5. The van der Waals surface area contributed by atoms with Gasteiger partial charge in [0.15, 0.2) is 0 Å². The van der Waals surface area contributed by atoms with E-state index < -0.39 is 0 Å². The summed E-state index contributed by atoms with van der Waals surface area (Å²) in [5.74, 6) is 0.393. The molecule has 1 aromatic heterocycles. The molecule has 0 bridgehead atoms. The summed E-state index contributed by atoms with van der Waals surface area (Å²) in [6, 6.07) is 19.2. The van der Waals surface area contributed by atoms with Gasteiger partial charge in [0.2, 0.25) is 5.88 Å². The van der Waals surface area contributed by atoms with Gasteiger partial charge in [-0.3, -0.25) is 0 Å². The molecule has 5 nitrogen and oxygen atoms in total. The number of rotatable bonds is 5. The molecule has 0 N–H and O–H groups in total. The lowest BCUT2D eigenvalue weighted by atomic mass is 9.96. The van der Waals surface area contributed by atoms with Crippen LogP contribution in [0.3, 0.4) is 0 Å². The van der Waals surface area contributed by atoms with E-state index >= 15 is 0 Å². The minimum absolute atomic E-state index is 0.137. The summed E-state index contributed by atoms with van der Waals surface area (Å²) in [5.41, 5.74) is 5.12. The van der Waals surface area contributed by atoms with E-state index in [2.05, 4.69) is 58.9 Å². The van der Waals surface area contributed by atoms with Crippen molar-refractivity contribution in [3.63, 3.8) is 0 Å². The Bertz CT molecular complexity index is 1060. The molecule has 6 heteroatoms. The minimum atomic E-state index is -0.209. The molecule has 1 aliphatic heterocycles. The number of piperazine rings is 1. The van der Waals surface area contributed by atoms with Crippen molar-refractivity contribution < 1.29 is 9.13 Å². The highest BCUT2D eigenvalue weighted by Crippen LogP contribution is 2.36. The molecule has 2 heterocycles. The van der Waals surface area contributed by atoms with Gasteiger partial charge in [0.05, 0.1) is 24.0 Å². The fourth-order valence-corrected chi connectivity index (χ4v) is 4.39. The zero-order valence-electron chi connectivity index (χ0n) is 19.5. The fraction of sp³-hybridized carbons (Fsp3) is 0.346. The number of aromatic nitrogens is 1. The number of ether oxygens (including phenoxy) is 1. The van der Waals surface area contributed by atoms with E-state index in [9.17, 15) is 4.39 Å². The van der Waals surface area contributed by atoms with Gasteiger partial charge in [-0.15, -0.1) is 0 Å². The van der Waals surface area contributed by atoms with Gasteiger partial charge >= 0.3 is 0 Å². The second-order valence-electron chi connectivity index (χ2n) is 9.02. The second-order valence-corrected chi connectivity index (χ2v) is 9.02. The van der Waals surface area contributed by atoms with Crippen LogP contribution in [0.5, 0.6) is 5.88 Å². The van der Waals surface area contributed by atoms with Crippen molar-refractivity contribution in [1.82, 2.24) is 4.98 Å². The lowest BCUT2D eigenvalue weighted by Crippen LogP contribution is -2.59. The first-order valence-electron chi connectivity index (χ1n) is 10.9. The van der Waals surface area contributed by atoms with Gasteiger partial charge in [0, 0.05) is 56.7 Å². The van der Waals surface area contributed by atoms with Gasteiger partial charge in [0.1, 0.15) is 5.82 Å². The molecule has 4 rings (SSSR count). The normalized spacial score (nSPS) is 15.6. The third-order valence-electron chi connectivity index (χ3n) is 6.10. The van der Waals surface area contributed by atoms with Crippen LogP contribution in [0, 0.1) is 5.82 Å². The smallest absolute Gasteiger partial charge is 0.213 e. The standard InChI is InChI=1S/C26H31FN4O/c1-26(2)18-30(16-17-31(26)22-12-8-20(27)9-13-22)23-14-15-24(32-5)28-25(23)19-6-10-21(11-7-19)29(3)4/h6-15H,16-18H2,1-5H3. The van der Waals surface area contributed by atoms with Gasteiger partial charge in [-0.25, -0.2) is 9.37 Å². The number of anilines is 3. The maximum atomic E-state index is 13.4. The zero-order valence-corrected chi connectivity index (χ0v) is 19.5. The average molecular weight is 435 g/mol. The predicted octanol–water partition coefficient (Wildman–Crippen LogP) is 5.07. The molecule has 1 saturated heterocycles. The van der Waals surface area contributed by atoms with E-state index in [1.54, 1.807) is 7.11 Å². The van der Waals surface area contributed by atoms with Gasteiger partial charge in [0.25, 0.3) is 0 Å². The molecule has 0 atom stereocenters. The van der Waals surface area contributed by atoms with Crippen LogP contribution in [-0.2, 0) is 0 Å². The number of pyridine rings is 1. The summed E-state index contributed by atoms with van der Waals surface area (Å²) >= 11 is 0. The van der Waals surface area contributed by atoms with Crippen molar-refractivity contribution in [1.29, 1.82) is 0 Å². The molecule has 3 aromatic rings. The van der Waals surface area contributed by atoms with Crippen LogP contribution < -0.4 is 19.4 Å². The highest BCUT2D eigenvalue weighted by molar-refractivity contribution is 5.77. The molecule has 0 unspecified atom stereocenters. The molecule has 168 valence electrons. The summed E-state index contributed by atoms with van der Waals surface area (Å²) < 4.78 is 18.8. The molecule has 1 aliphatic rings. The van der Waals surface area contributed by atoms with Gasteiger partial charge < -0.3 is 19.4 Å². The van der Waals surface area contributed by atoms with E-state index in [1.165, 1.54) is 12.1 Å². The Hall–Kier alpha value is -3.28. The molecule has 0 amide bonds. The SMILES string of the molecule is COc1ccc(N2CCN(c3ccc(F)cc3)C(C)(C)C2)c(-c2ccc(N(C)C)cc2)n1. The quantitative estimate of drug-likeness (QED) is 0.560. The van der Waals surface area contributed by atoms with Crippen molar-refractivity contribution in [2.75, 3.05) is 55.5 Å². The maximum Gasteiger partial charge on any atom is 0.213 e. The van der Waals surface area contributed by atoms with E-state index in [0.717, 1.165) is 48.0 Å². The number of nitrogens with zero attached hydrogens (tertiary/aromatic N) is 4. The van der Waals surface area contributed by atoms with Gasteiger partial charge in [-0.2, -0.15) is 0 Å². The van der Waals surface area contributed by atoms with Crippen LogP contribution in [0.1, 0.15) is 13.8 Å². The van der Waals surface area contributed by atoms with Crippen LogP contribution in [0.25, 0.3) is 11.3 Å². The van der Waals surface area contributed by atoms with Crippen LogP contribution >= 0.6 is 0 Å². The maximum absolute atomic E-state index is 13.4. The summed E-state index contributed by atoms with van der Waals surface area (Å²) in [5, 5.41) is 0. The summed E-state index contributed by atoms with van der Waals surface area (Å²) in [6.45, 7) is 6.96. The molecule has 0 aliphatic carbocycles. The van der Waals surface area contributed by atoms with E-state index in [1.807, 2.05) is 32.3 Å². The second kappa shape index (κ2) is 8.69. The summed E-state index contributed by atoms with van der Waals surface area (Å²) in [7, 11) is 5.71. The highest BCUT2D eigenvalue weighted by atomic mass is 19.1. The molecule has 0 radical (unpaired) electrons. The van der Waals surface area contributed by atoms with Crippen molar-refractivity contribution in [2.24, 2.45) is 0 Å². The van der Waals surface area contributed by atoms with E-state index in [-0.39, 0.29) is 11.4 Å². The Morgan fingerprint density at radius 3 is 2.22 bits per heavy atom. The first kappa shape index (κ1) is 21.9. The Morgan fingerprint density at radius 2 is 1.62 bits per heavy atom. The van der Waals surface area contributed by atoms with Gasteiger partial charge in [-0.1, -0.05) is 12.1 Å². The van der Waals surface area contributed by atoms with Crippen molar-refractivity contribution >= 4 is 17.1 Å². The van der Waals surface area contributed by atoms with Gasteiger partial charge in [-0.05, 0) is 56.3 Å². The number of hydrogen-bond donors (Lipinski definition) is 0.